The molecule has 0 aliphatic heterocycles. The normalized spacial score (nSPS) is 14.6. The lowest BCUT2D eigenvalue weighted by Crippen LogP contribution is -2.26. The van der Waals surface area contributed by atoms with Gasteiger partial charge in [-0.15, -0.1) is 0 Å². The Labute approximate surface area is 103 Å². The largest absolute Gasteiger partial charge is 0.396 e. The number of aliphatic hydroxyl groups is 1. The molecule has 0 spiro atoms. The molecule has 0 aliphatic carbocycles. The second kappa shape index (κ2) is 7.41. The highest BCUT2D eigenvalue weighted by Crippen LogP contribution is 2.17. The van der Waals surface area contributed by atoms with Crippen LogP contribution in [0.1, 0.15) is 38.3 Å². The van der Waals surface area contributed by atoms with Gasteiger partial charge in [-0.1, -0.05) is 26.0 Å². The van der Waals surface area contributed by atoms with Crippen molar-refractivity contribution >= 4 is 0 Å². The Morgan fingerprint density at radius 1 is 1.41 bits per heavy atom. The minimum Gasteiger partial charge on any atom is -0.396 e. The van der Waals surface area contributed by atoms with E-state index in [0.29, 0.717) is 5.92 Å². The van der Waals surface area contributed by atoms with Crippen LogP contribution in [0.15, 0.2) is 24.3 Å². The monoisotopic (exact) mass is 239 g/mol. The predicted molar refractivity (Wildman–Crippen MR) is 68.3 cm³/mol. The van der Waals surface area contributed by atoms with Crippen molar-refractivity contribution in [2.45, 2.75) is 32.7 Å². The van der Waals surface area contributed by atoms with Crippen molar-refractivity contribution in [2.75, 3.05) is 13.2 Å². The fraction of sp³-hybridized carbons (Fsp3) is 0.571. The van der Waals surface area contributed by atoms with Crippen LogP contribution >= 0.6 is 0 Å². The molecule has 1 aromatic rings. The second-order valence-electron chi connectivity index (χ2n) is 4.54. The average molecular weight is 239 g/mol. The van der Waals surface area contributed by atoms with E-state index in [9.17, 15) is 4.39 Å². The van der Waals surface area contributed by atoms with E-state index >= 15 is 0 Å². The SMILES string of the molecule is CCC(NCC(C)CCO)c1cccc(F)c1. The topological polar surface area (TPSA) is 32.3 Å². The van der Waals surface area contributed by atoms with Crippen molar-refractivity contribution in [1.82, 2.24) is 5.32 Å². The molecule has 2 N–H and O–H groups in total. The molecule has 0 fully saturated rings. The van der Waals surface area contributed by atoms with Crippen LogP contribution in [0.5, 0.6) is 0 Å². The molecule has 17 heavy (non-hydrogen) atoms. The highest BCUT2D eigenvalue weighted by atomic mass is 19.1. The van der Waals surface area contributed by atoms with Crippen LogP contribution < -0.4 is 5.32 Å². The number of benzene rings is 1. The van der Waals surface area contributed by atoms with Gasteiger partial charge in [-0.2, -0.15) is 0 Å². The Morgan fingerprint density at radius 2 is 2.18 bits per heavy atom. The van der Waals surface area contributed by atoms with Gasteiger partial charge in [0.15, 0.2) is 0 Å². The van der Waals surface area contributed by atoms with Gasteiger partial charge in [0.2, 0.25) is 0 Å². The van der Waals surface area contributed by atoms with Gasteiger partial charge in [-0.05, 0) is 43.0 Å². The zero-order chi connectivity index (χ0) is 12.7. The fourth-order valence-corrected chi connectivity index (χ4v) is 1.89. The van der Waals surface area contributed by atoms with Crippen LogP contribution in [0.2, 0.25) is 0 Å². The van der Waals surface area contributed by atoms with Gasteiger partial charge in [0.1, 0.15) is 5.82 Å². The highest BCUT2D eigenvalue weighted by molar-refractivity contribution is 5.20. The van der Waals surface area contributed by atoms with E-state index in [0.717, 1.165) is 24.9 Å². The summed E-state index contributed by atoms with van der Waals surface area (Å²) in [5.74, 6) is 0.244. The Morgan fingerprint density at radius 3 is 2.76 bits per heavy atom. The van der Waals surface area contributed by atoms with E-state index in [4.69, 9.17) is 5.11 Å². The van der Waals surface area contributed by atoms with Crippen molar-refractivity contribution in [3.05, 3.63) is 35.6 Å². The number of rotatable bonds is 7. The first kappa shape index (κ1) is 14.1. The molecule has 0 radical (unpaired) electrons. The first-order valence-corrected chi connectivity index (χ1v) is 6.27. The number of halogens is 1. The van der Waals surface area contributed by atoms with E-state index in [1.54, 1.807) is 12.1 Å². The second-order valence-corrected chi connectivity index (χ2v) is 4.54. The zero-order valence-corrected chi connectivity index (χ0v) is 10.6. The summed E-state index contributed by atoms with van der Waals surface area (Å²) in [7, 11) is 0. The molecule has 1 rings (SSSR count). The van der Waals surface area contributed by atoms with Crippen LogP contribution in [0.4, 0.5) is 4.39 Å². The summed E-state index contributed by atoms with van der Waals surface area (Å²) in [6.07, 6.45) is 1.72. The third-order valence-corrected chi connectivity index (χ3v) is 2.99. The minimum absolute atomic E-state index is 0.187. The molecule has 0 heterocycles. The molecule has 0 aliphatic rings. The quantitative estimate of drug-likeness (QED) is 0.767. The zero-order valence-electron chi connectivity index (χ0n) is 10.6. The van der Waals surface area contributed by atoms with Gasteiger partial charge in [-0.25, -0.2) is 4.39 Å². The summed E-state index contributed by atoms with van der Waals surface area (Å²) in [5, 5.41) is 12.3. The molecular formula is C14H22FNO. The number of aliphatic hydroxyl groups excluding tert-OH is 1. The highest BCUT2D eigenvalue weighted by Gasteiger charge is 2.10. The Balaban J connectivity index is 2.54. The number of hydrogen-bond acceptors (Lipinski definition) is 2. The van der Waals surface area contributed by atoms with Gasteiger partial charge in [-0.3, -0.25) is 0 Å². The molecular weight excluding hydrogens is 217 g/mol. The van der Waals surface area contributed by atoms with Crippen LogP contribution in [-0.4, -0.2) is 18.3 Å². The summed E-state index contributed by atoms with van der Waals surface area (Å²) in [5.41, 5.74) is 0.990. The van der Waals surface area contributed by atoms with E-state index in [2.05, 4.69) is 19.2 Å². The van der Waals surface area contributed by atoms with Crippen LogP contribution in [0, 0.1) is 11.7 Å². The van der Waals surface area contributed by atoms with Crippen molar-refractivity contribution in [3.8, 4) is 0 Å². The number of nitrogens with one attached hydrogen (secondary N) is 1. The Bertz CT molecular complexity index is 330. The van der Waals surface area contributed by atoms with Crippen molar-refractivity contribution in [3.63, 3.8) is 0 Å². The third-order valence-electron chi connectivity index (χ3n) is 2.99. The molecule has 1 aromatic carbocycles. The van der Waals surface area contributed by atoms with Crippen LogP contribution in [0.25, 0.3) is 0 Å². The first-order valence-electron chi connectivity index (χ1n) is 6.27. The Hall–Kier alpha value is -0.930. The summed E-state index contributed by atoms with van der Waals surface area (Å²) in [4.78, 5) is 0. The lowest BCUT2D eigenvalue weighted by atomic mass is 10.0. The molecule has 0 bridgehead atoms. The Kier molecular flexibility index (Phi) is 6.16. The maximum Gasteiger partial charge on any atom is 0.123 e. The summed E-state index contributed by atoms with van der Waals surface area (Å²) in [6.45, 7) is 5.25. The van der Waals surface area contributed by atoms with Gasteiger partial charge >= 0.3 is 0 Å². The lowest BCUT2D eigenvalue weighted by Gasteiger charge is -2.20. The summed E-state index contributed by atoms with van der Waals surface area (Å²) in [6, 6.07) is 6.92. The van der Waals surface area contributed by atoms with Crippen molar-refractivity contribution in [2.24, 2.45) is 5.92 Å². The molecule has 0 saturated carbocycles. The fourth-order valence-electron chi connectivity index (χ4n) is 1.89. The van der Waals surface area contributed by atoms with E-state index < -0.39 is 0 Å². The maximum absolute atomic E-state index is 13.1. The summed E-state index contributed by atoms with van der Waals surface area (Å²) < 4.78 is 13.1. The van der Waals surface area contributed by atoms with E-state index in [1.165, 1.54) is 6.07 Å². The molecule has 2 atom stereocenters. The molecule has 2 unspecified atom stereocenters. The molecule has 0 aromatic heterocycles. The summed E-state index contributed by atoms with van der Waals surface area (Å²) >= 11 is 0. The van der Waals surface area contributed by atoms with E-state index in [1.807, 2.05) is 6.07 Å². The lowest BCUT2D eigenvalue weighted by molar-refractivity contribution is 0.257. The molecule has 0 amide bonds. The van der Waals surface area contributed by atoms with Crippen LogP contribution in [0.3, 0.4) is 0 Å². The van der Waals surface area contributed by atoms with Gasteiger partial charge in [0, 0.05) is 12.6 Å². The predicted octanol–water partition coefficient (Wildman–Crippen LogP) is 2.88. The van der Waals surface area contributed by atoms with Crippen molar-refractivity contribution in [1.29, 1.82) is 0 Å². The van der Waals surface area contributed by atoms with Crippen LogP contribution in [-0.2, 0) is 0 Å². The molecule has 96 valence electrons. The molecule has 0 saturated heterocycles. The third kappa shape index (κ3) is 4.84. The minimum atomic E-state index is -0.189. The van der Waals surface area contributed by atoms with Gasteiger partial charge in [0.05, 0.1) is 0 Å². The molecule has 2 nitrogen and oxygen atoms in total. The average Bonchev–Trinajstić information content (AvgIpc) is 2.30. The van der Waals surface area contributed by atoms with Gasteiger partial charge < -0.3 is 10.4 Å². The smallest absolute Gasteiger partial charge is 0.123 e. The first-order chi connectivity index (χ1) is 8.17. The van der Waals surface area contributed by atoms with Gasteiger partial charge in [0.25, 0.3) is 0 Å². The maximum atomic E-state index is 13.1. The van der Waals surface area contributed by atoms with Crippen molar-refractivity contribution < 1.29 is 9.50 Å². The number of hydrogen-bond donors (Lipinski definition) is 2. The molecule has 3 heteroatoms. The van der Waals surface area contributed by atoms with E-state index in [-0.39, 0.29) is 18.5 Å². The standard InChI is InChI=1S/C14H22FNO/c1-3-14(16-10-11(2)7-8-17)12-5-4-6-13(15)9-12/h4-6,9,11,14,16-17H,3,7-8,10H2,1-2H3.